The van der Waals surface area contributed by atoms with Gasteiger partial charge in [0.25, 0.3) is 0 Å². The molecule has 1 aromatic carbocycles. The van der Waals surface area contributed by atoms with E-state index in [4.69, 9.17) is 4.74 Å². The van der Waals surface area contributed by atoms with Crippen LogP contribution in [-0.2, 0) is 15.4 Å². The lowest BCUT2D eigenvalue weighted by Gasteiger charge is -2.34. The van der Waals surface area contributed by atoms with E-state index >= 15 is 0 Å². The number of benzene rings is 1. The van der Waals surface area contributed by atoms with E-state index in [1.807, 2.05) is 0 Å². The van der Waals surface area contributed by atoms with Crippen molar-refractivity contribution in [2.45, 2.75) is 51.3 Å². The third-order valence-electron chi connectivity index (χ3n) is 4.45. The normalized spacial score (nSPS) is 23.7. The predicted octanol–water partition coefficient (Wildman–Crippen LogP) is 3.66. The fourth-order valence-electron chi connectivity index (χ4n) is 3.38. The Labute approximate surface area is 140 Å². The molecule has 0 aliphatic carbocycles. The average molecular weight is 340 g/mol. The summed E-state index contributed by atoms with van der Waals surface area (Å²) in [6.07, 6.45) is 1.09. The lowest BCUT2D eigenvalue weighted by Crippen LogP contribution is -2.42. The third-order valence-corrected chi connectivity index (χ3v) is 6.28. The van der Waals surface area contributed by atoms with Crippen molar-refractivity contribution in [1.29, 1.82) is 0 Å². The Morgan fingerprint density at radius 3 is 2.17 bits per heavy atom. The summed E-state index contributed by atoms with van der Waals surface area (Å²) in [4.78, 5) is 0.365. The van der Waals surface area contributed by atoms with Gasteiger partial charge in [0.15, 0.2) is 0 Å². The molecule has 0 unspecified atom stereocenters. The van der Waals surface area contributed by atoms with Crippen molar-refractivity contribution in [3.05, 3.63) is 23.8 Å². The highest BCUT2D eigenvalue weighted by atomic mass is 32.2. The molecule has 1 aliphatic heterocycles. The van der Waals surface area contributed by atoms with E-state index in [1.54, 1.807) is 29.6 Å². The second kappa shape index (κ2) is 6.44. The fraction of sp³-hybridized carbons (Fsp3) is 0.667. The largest absolute Gasteiger partial charge is 0.496 e. The minimum absolute atomic E-state index is 0.181. The van der Waals surface area contributed by atoms with Gasteiger partial charge >= 0.3 is 0 Å². The molecule has 4 nitrogen and oxygen atoms in total. The Balaban J connectivity index is 2.44. The van der Waals surface area contributed by atoms with Crippen molar-refractivity contribution >= 4 is 10.0 Å². The van der Waals surface area contributed by atoms with E-state index in [0.717, 1.165) is 17.7 Å². The first kappa shape index (κ1) is 18.3. The molecule has 0 bridgehead atoms. The molecule has 5 heteroatoms. The van der Waals surface area contributed by atoms with Crippen LogP contribution < -0.4 is 4.74 Å². The van der Waals surface area contributed by atoms with Crippen molar-refractivity contribution in [2.24, 2.45) is 11.8 Å². The van der Waals surface area contributed by atoms with Crippen LogP contribution in [0, 0.1) is 11.8 Å². The van der Waals surface area contributed by atoms with Crippen molar-refractivity contribution in [1.82, 2.24) is 4.31 Å². The summed E-state index contributed by atoms with van der Waals surface area (Å²) in [7, 11) is -1.84. The first-order valence-electron chi connectivity index (χ1n) is 8.24. The van der Waals surface area contributed by atoms with Crippen LogP contribution in [0.15, 0.2) is 23.1 Å². The second-order valence-electron chi connectivity index (χ2n) is 7.88. The molecule has 0 aromatic heterocycles. The molecule has 0 saturated carbocycles. The Kier molecular flexibility index (Phi) is 5.12. The molecule has 2 rings (SSSR count). The van der Waals surface area contributed by atoms with Gasteiger partial charge in [-0.25, -0.2) is 8.42 Å². The standard InChI is InChI=1S/C18H29NO3S/c1-13-9-14(2)12-19(11-13)23(20,21)15-7-8-17(22-6)16(10-15)18(3,4)5/h7-8,10,13-14H,9,11-12H2,1-6H3/t13-,14-/m1/s1. The van der Waals surface area contributed by atoms with Gasteiger partial charge in [-0.2, -0.15) is 4.31 Å². The Morgan fingerprint density at radius 2 is 1.70 bits per heavy atom. The summed E-state index contributed by atoms with van der Waals surface area (Å²) in [6.45, 7) is 11.6. The number of hydrogen-bond acceptors (Lipinski definition) is 3. The van der Waals surface area contributed by atoms with Crippen molar-refractivity contribution < 1.29 is 13.2 Å². The highest BCUT2D eigenvalue weighted by molar-refractivity contribution is 7.89. The fourth-order valence-corrected chi connectivity index (χ4v) is 5.09. The molecular formula is C18H29NO3S. The minimum Gasteiger partial charge on any atom is -0.496 e. The van der Waals surface area contributed by atoms with E-state index in [9.17, 15) is 8.42 Å². The highest BCUT2D eigenvalue weighted by Gasteiger charge is 2.32. The number of hydrogen-bond donors (Lipinski definition) is 0. The summed E-state index contributed by atoms with van der Waals surface area (Å²) in [6, 6.07) is 5.20. The van der Waals surface area contributed by atoms with E-state index in [-0.39, 0.29) is 5.41 Å². The van der Waals surface area contributed by atoms with Gasteiger partial charge in [0.1, 0.15) is 5.75 Å². The molecule has 0 amide bonds. The Bertz CT molecular complexity index is 651. The van der Waals surface area contributed by atoms with Gasteiger partial charge in [-0.1, -0.05) is 34.6 Å². The van der Waals surface area contributed by atoms with E-state index in [2.05, 4.69) is 34.6 Å². The summed E-state index contributed by atoms with van der Waals surface area (Å²) < 4.78 is 33.1. The monoisotopic (exact) mass is 339 g/mol. The molecule has 0 N–H and O–H groups in total. The van der Waals surface area contributed by atoms with Crippen LogP contribution in [0.1, 0.15) is 46.6 Å². The molecule has 0 spiro atoms. The van der Waals surface area contributed by atoms with Crippen LogP contribution in [0.5, 0.6) is 5.75 Å². The SMILES string of the molecule is COc1ccc(S(=O)(=O)N2C[C@H](C)C[C@@H](C)C2)cc1C(C)(C)C. The molecule has 1 saturated heterocycles. The van der Waals surface area contributed by atoms with E-state index < -0.39 is 10.0 Å². The van der Waals surface area contributed by atoms with Crippen LogP contribution in [-0.4, -0.2) is 32.9 Å². The molecule has 130 valence electrons. The predicted molar refractivity (Wildman–Crippen MR) is 93.4 cm³/mol. The van der Waals surface area contributed by atoms with Crippen LogP contribution in [0.3, 0.4) is 0 Å². The molecule has 1 fully saturated rings. The Morgan fingerprint density at radius 1 is 1.13 bits per heavy atom. The molecule has 2 atom stereocenters. The maximum atomic E-state index is 13.0. The van der Waals surface area contributed by atoms with Gasteiger partial charge in [0.2, 0.25) is 10.0 Å². The molecular weight excluding hydrogens is 310 g/mol. The van der Waals surface area contributed by atoms with Crippen LogP contribution in [0.25, 0.3) is 0 Å². The lowest BCUT2D eigenvalue weighted by atomic mass is 9.86. The molecule has 23 heavy (non-hydrogen) atoms. The van der Waals surface area contributed by atoms with Gasteiger partial charge in [0.05, 0.1) is 12.0 Å². The van der Waals surface area contributed by atoms with Crippen molar-refractivity contribution in [3.8, 4) is 5.75 Å². The van der Waals surface area contributed by atoms with Gasteiger partial charge in [-0.15, -0.1) is 0 Å². The Hall–Kier alpha value is -1.07. The minimum atomic E-state index is -3.46. The van der Waals surface area contributed by atoms with Crippen molar-refractivity contribution in [3.63, 3.8) is 0 Å². The highest BCUT2D eigenvalue weighted by Crippen LogP contribution is 2.35. The summed E-state index contributed by atoms with van der Waals surface area (Å²) >= 11 is 0. The van der Waals surface area contributed by atoms with Gasteiger partial charge in [0, 0.05) is 18.7 Å². The number of piperidine rings is 1. The van der Waals surface area contributed by atoms with Gasteiger partial charge in [-0.05, 0) is 41.9 Å². The first-order chi connectivity index (χ1) is 10.6. The van der Waals surface area contributed by atoms with Gasteiger partial charge < -0.3 is 4.74 Å². The van der Waals surface area contributed by atoms with Crippen LogP contribution in [0.4, 0.5) is 0 Å². The third kappa shape index (κ3) is 3.89. The summed E-state index contributed by atoms with van der Waals surface area (Å²) in [5.41, 5.74) is 0.735. The topological polar surface area (TPSA) is 46.6 Å². The van der Waals surface area contributed by atoms with Crippen molar-refractivity contribution in [2.75, 3.05) is 20.2 Å². The number of nitrogens with zero attached hydrogens (tertiary/aromatic N) is 1. The summed E-state index contributed by atoms with van der Waals surface area (Å²) in [5, 5.41) is 0. The van der Waals surface area contributed by atoms with Gasteiger partial charge in [-0.3, -0.25) is 0 Å². The smallest absolute Gasteiger partial charge is 0.243 e. The number of sulfonamides is 1. The van der Waals surface area contributed by atoms with E-state index in [1.165, 1.54) is 0 Å². The summed E-state index contributed by atoms with van der Waals surface area (Å²) in [5.74, 6) is 1.53. The number of rotatable bonds is 3. The first-order valence-corrected chi connectivity index (χ1v) is 9.68. The molecule has 1 heterocycles. The number of methoxy groups -OCH3 is 1. The van der Waals surface area contributed by atoms with Crippen LogP contribution in [0.2, 0.25) is 0 Å². The zero-order valence-corrected chi connectivity index (χ0v) is 15.9. The average Bonchev–Trinajstić information content (AvgIpc) is 2.44. The second-order valence-corrected chi connectivity index (χ2v) is 9.82. The zero-order valence-electron chi connectivity index (χ0n) is 15.1. The lowest BCUT2D eigenvalue weighted by molar-refractivity contribution is 0.222. The molecule has 0 radical (unpaired) electrons. The molecule has 1 aromatic rings. The maximum absolute atomic E-state index is 13.0. The number of ether oxygens (including phenoxy) is 1. The van der Waals surface area contributed by atoms with Crippen LogP contribution >= 0.6 is 0 Å². The maximum Gasteiger partial charge on any atom is 0.243 e. The zero-order chi connectivity index (χ0) is 17.4. The quantitative estimate of drug-likeness (QED) is 0.844. The van der Waals surface area contributed by atoms with E-state index in [0.29, 0.717) is 29.8 Å². The molecule has 1 aliphatic rings.